The van der Waals surface area contributed by atoms with E-state index in [9.17, 15) is 19.7 Å². The first-order valence-corrected chi connectivity index (χ1v) is 8.71. The zero-order valence-electron chi connectivity index (χ0n) is 15.8. The predicted octanol–water partition coefficient (Wildman–Crippen LogP) is 3.37. The Morgan fingerprint density at radius 1 is 1.26 bits per heavy atom. The molecule has 0 fully saturated rings. The molecule has 1 N–H and O–H groups in total. The number of nitro groups is 1. The number of carbonyl (C=O) groups excluding carboxylic acids is 2. The smallest absolute Gasteiger partial charge is 0.336 e. The summed E-state index contributed by atoms with van der Waals surface area (Å²) < 4.78 is 4.95. The van der Waals surface area contributed by atoms with Crippen LogP contribution >= 0.6 is 0 Å². The van der Waals surface area contributed by atoms with Crippen molar-refractivity contribution in [2.24, 2.45) is 5.41 Å². The summed E-state index contributed by atoms with van der Waals surface area (Å²) in [5, 5.41) is 14.2. The maximum atomic E-state index is 13.0. The molecule has 0 amide bonds. The van der Waals surface area contributed by atoms with Crippen LogP contribution in [0.25, 0.3) is 0 Å². The Morgan fingerprint density at radius 2 is 1.89 bits per heavy atom. The highest BCUT2D eigenvalue weighted by Gasteiger charge is 2.43. The molecule has 1 atom stereocenters. The number of allylic oxidation sites excluding steroid dienone is 3. The molecule has 1 unspecified atom stereocenters. The second-order valence-electron chi connectivity index (χ2n) is 7.77. The number of rotatable bonds is 3. The Kier molecular flexibility index (Phi) is 4.63. The van der Waals surface area contributed by atoms with Crippen molar-refractivity contribution in [3.05, 3.63) is 62.5 Å². The van der Waals surface area contributed by atoms with E-state index in [4.69, 9.17) is 4.74 Å². The molecule has 3 rings (SSSR count). The van der Waals surface area contributed by atoms with Crippen molar-refractivity contribution in [1.29, 1.82) is 0 Å². The number of methoxy groups -OCH3 is 1. The van der Waals surface area contributed by atoms with Gasteiger partial charge in [-0.2, -0.15) is 0 Å². The summed E-state index contributed by atoms with van der Waals surface area (Å²) in [4.78, 5) is 35.9. The van der Waals surface area contributed by atoms with Gasteiger partial charge in [0.05, 0.1) is 17.6 Å². The number of ketones is 1. The summed E-state index contributed by atoms with van der Waals surface area (Å²) in [6.45, 7) is 5.85. The van der Waals surface area contributed by atoms with Crippen molar-refractivity contribution in [2.75, 3.05) is 7.11 Å². The molecule has 7 heteroatoms. The van der Waals surface area contributed by atoms with Gasteiger partial charge in [0.1, 0.15) is 0 Å². The molecule has 1 aliphatic heterocycles. The van der Waals surface area contributed by atoms with Crippen molar-refractivity contribution in [2.45, 2.75) is 39.5 Å². The van der Waals surface area contributed by atoms with E-state index in [1.807, 2.05) is 13.8 Å². The number of hydrogen-bond donors (Lipinski definition) is 1. The van der Waals surface area contributed by atoms with Gasteiger partial charge in [-0.3, -0.25) is 14.9 Å². The Morgan fingerprint density at radius 3 is 2.44 bits per heavy atom. The second-order valence-corrected chi connectivity index (χ2v) is 7.77. The first-order valence-electron chi connectivity index (χ1n) is 8.71. The van der Waals surface area contributed by atoms with Crippen LogP contribution in [-0.2, 0) is 14.3 Å². The van der Waals surface area contributed by atoms with E-state index in [1.165, 1.54) is 19.2 Å². The number of nitrogens with one attached hydrogen (secondary N) is 1. The summed E-state index contributed by atoms with van der Waals surface area (Å²) in [5.74, 6) is -1.14. The topological polar surface area (TPSA) is 98.5 Å². The van der Waals surface area contributed by atoms with Gasteiger partial charge in [-0.05, 0) is 24.3 Å². The zero-order valence-corrected chi connectivity index (χ0v) is 15.8. The fourth-order valence-corrected chi connectivity index (χ4v) is 3.94. The third-order valence-corrected chi connectivity index (χ3v) is 5.08. The highest BCUT2D eigenvalue weighted by Crippen LogP contribution is 2.46. The standard InChI is InChI=1S/C20H22N2O5/c1-11-16(19(24)27-4)17(12-5-7-13(8-6-12)22(25)26)18-14(21-11)9-20(2,3)10-15(18)23/h5-8,17,21H,9-10H2,1-4H3. The van der Waals surface area contributed by atoms with Crippen LogP contribution in [0.3, 0.4) is 0 Å². The maximum absolute atomic E-state index is 13.0. The van der Waals surface area contributed by atoms with Gasteiger partial charge in [-0.15, -0.1) is 0 Å². The second kappa shape index (κ2) is 6.64. The van der Waals surface area contributed by atoms with Crippen molar-refractivity contribution in [3.8, 4) is 0 Å². The minimum Gasteiger partial charge on any atom is -0.466 e. The number of carbonyl (C=O) groups is 2. The summed E-state index contributed by atoms with van der Waals surface area (Å²) in [5.41, 5.74) is 2.79. The van der Waals surface area contributed by atoms with Crippen molar-refractivity contribution in [3.63, 3.8) is 0 Å². The summed E-state index contributed by atoms with van der Waals surface area (Å²) in [7, 11) is 1.30. The first kappa shape index (κ1) is 18.8. The summed E-state index contributed by atoms with van der Waals surface area (Å²) >= 11 is 0. The van der Waals surface area contributed by atoms with E-state index in [-0.39, 0.29) is 16.9 Å². The van der Waals surface area contributed by atoms with Gasteiger partial charge >= 0.3 is 5.97 Å². The van der Waals surface area contributed by atoms with Gasteiger partial charge in [0.15, 0.2) is 5.78 Å². The quantitative estimate of drug-likeness (QED) is 0.498. The van der Waals surface area contributed by atoms with Gasteiger partial charge in [-0.25, -0.2) is 4.79 Å². The number of esters is 1. The molecular formula is C20H22N2O5. The van der Waals surface area contributed by atoms with E-state index in [0.29, 0.717) is 35.2 Å². The highest BCUT2D eigenvalue weighted by atomic mass is 16.6. The Balaban J connectivity index is 2.17. The lowest BCUT2D eigenvalue weighted by atomic mass is 9.68. The molecule has 0 saturated carbocycles. The largest absolute Gasteiger partial charge is 0.466 e. The molecule has 27 heavy (non-hydrogen) atoms. The molecule has 0 aromatic heterocycles. The molecule has 1 aromatic rings. The predicted molar refractivity (Wildman–Crippen MR) is 98.7 cm³/mol. The summed E-state index contributed by atoms with van der Waals surface area (Å²) in [6, 6.07) is 5.97. The van der Waals surface area contributed by atoms with E-state index in [1.54, 1.807) is 19.1 Å². The van der Waals surface area contributed by atoms with Crippen LogP contribution in [-0.4, -0.2) is 23.8 Å². The fourth-order valence-electron chi connectivity index (χ4n) is 3.94. The molecule has 0 bridgehead atoms. The van der Waals surface area contributed by atoms with Crippen molar-refractivity contribution >= 4 is 17.4 Å². The van der Waals surface area contributed by atoms with Gasteiger partial charge in [0, 0.05) is 41.4 Å². The SMILES string of the molecule is COC(=O)C1=C(C)NC2=C(C(=O)CC(C)(C)C2)C1c1ccc([N+](=O)[O-])cc1. The molecule has 2 aliphatic rings. The monoisotopic (exact) mass is 370 g/mol. The molecule has 0 spiro atoms. The maximum Gasteiger partial charge on any atom is 0.336 e. The zero-order chi connectivity index (χ0) is 19.9. The fraction of sp³-hybridized carbons (Fsp3) is 0.400. The number of dihydropyridines is 1. The third kappa shape index (κ3) is 3.37. The van der Waals surface area contributed by atoms with E-state index >= 15 is 0 Å². The number of benzene rings is 1. The molecular weight excluding hydrogens is 348 g/mol. The average molecular weight is 370 g/mol. The van der Waals surface area contributed by atoms with E-state index < -0.39 is 16.8 Å². The van der Waals surface area contributed by atoms with E-state index in [2.05, 4.69) is 5.32 Å². The minimum atomic E-state index is -0.599. The Hall–Kier alpha value is -2.96. The number of nitro benzene ring substituents is 1. The lowest BCUT2D eigenvalue weighted by molar-refractivity contribution is -0.384. The number of Topliss-reactive ketones (excluding diaryl/α,β-unsaturated/α-hetero) is 1. The number of hydrogen-bond acceptors (Lipinski definition) is 6. The van der Waals surface area contributed by atoms with Crippen LogP contribution in [0.15, 0.2) is 46.8 Å². The van der Waals surface area contributed by atoms with Gasteiger partial charge in [0.25, 0.3) is 5.69 Å². The minimum absolute atomic E-state index is 0.0222. The van der Waals surface area contributed by atoms with Gasteiger partial charge in [-0.1, -0.05) is 26.0 Å². The summed E-state index contributed by atoms with van der Waals surface area (Å²) in [6.07, 6.45) is 1.06. The number of non-ortho nitro benzene ring substituents is 1. The molecule has 0 saturated heterocycles. The molecule has 0 radical (unpaired) electrons. The van der Waals surface area contributed by atoms with Gasteiger partial charge in [0.2, 0.25) is 0 Å². The Labute approximate surface area is 157 Å². The van der Waals surface area contributed by atoms with Gasteiger partial charge < -0.3 is 10.1 Å². The molecule has 142 valence electrons. The highest BCUT2D eigenvalue weighted by molar-refractivity contribution is 6.04. The third-order valence-electron chi connectivity index (χ3n) is 5.08. The van der Waals surface area contributed by atoms with Crippen molar-refractivity contribution in [1.82, 2.24) is 5.32 Å². The molecule has 7 nitrogen and oxygen atoms in total. The Bertz CT molecular complexity index is 893. The molecule has 1 aliphatic carbocycles. The normalized spacial score (nSPS) is 21.5. The van der Waals surface area contributed by atoms with Crippen LogP contribution < -0.4 is 5.32 Å². The van der Waals surface area contributed by atoms with Crippen molar-refractivity contribution < 1.29 is 19.2 Å². The van der Waals surface area contributed by atoms with Crippen LogP contribution in [0, 0.1) is 15.5 Å². The number of nitrogens with zero attached hydrogens (tertiary/aromatic N) is 1. The number of ether oxygens (including phenoxy) is 1. The van der Waals surface area contributed by atoms with Crippen LogP contribution in [0.4, 0.5) is 5.69 Å². The first-order chi connectivity index (χ1) is 12.6. The van der Waals surface area contributed by atoms with E-state index in [0.717, 1.165) is 5.70 Å². The van der Waals surface area contributed by atoms with Crippen LogP contribution in [0.2, 0.25) is 0 Å². The average Bonchev–Trinajstić information content (AvgIpc) is 2.58. The van der Waals surface area contributed by atoms with Crippen LogP contribution in [0.5, 0.6) is 0 Å². The molecule has 1 aromatic carbocycles. The lowest BCUT2D eigenvalue weighted by Crippen LogP contribution is -2.38. The molecule has 1 heterocycles. The van der Waals surface area contributed by atoms with Crippen LogP contribution in [0.1, 0.15) is 45.1 Å². The lowest BCUT2D eigenvalue weighted by Gasteiger charge is -2.39.